The third kappa shape index (κ3) is 1.53. The van der Waals surface area contributed by atoms with Gasteiger partial charge in [0.05, 0.1) is 6.20 Å². The van der Waals surface area contributed by atoms with E-state index in [2.05, 4.69) is 9.97 Å². The number of aromatic nitrogens is 2. The zero-order chi connectivity index (χ0) is 12.1. The van der Waals surface area contributed by atoms with Crippen LogP contribution in [0.5, 0.6) is 0 Å². The van der Waals surface area contributed by atoms with Gasteiger partial charge in [-0.3, -0.25) is 9.78 Å². The molecular weight excluding hydrogens is 224 g/mol. The van der Waals surface area contributed by atoms with Gasteiger partial charge in [-0.1, -0.05) is 0 Å². The van der Waals surface area contributed by atoms with Crippen LogP contribution in [0.1, 0.15) is 42.6 Å². The van der Waals surface area contributed by atoms with Crippen molar-refractivity contribution in [2.24, 2.45) is 29.6 Å². The highest BCUT2D eigenvalue weighted by Crippen LogP contribution is 2.57. The molecule has 1 aromatic rings. The third-order valence-electron chi connectivity index (χ3n) is 5.35. The Kier molecular flexibility index (Phi) is 2.29. The Labute approximate surface area is 107 Å². The summed E-state index contributed by atoms with van der Waals surface area (Å²) in [6.07, 6.45) is 11.4. The second-order valence-electron chi connectivity index (χ2n) is 6.41. The average Bonchev–Trinajstić information content (AvgIpc) is 2.38. The number of nitrogens with zero attached hydrogens (tertiary/aromatic N) is 2. The van der Waals surface area contributed by atoms with Crippen LogP contribution in [0.4, 0.5) is 0 Å². The topological polar surface area (TPSA) is 42.9 Å². The van der Waals surface area contributed by atoms with Crippen molar-refractivity contribution >= 4 is 5.78 Å². The Bertz CT molecular complexity index is 443. The maximum atomic E-state index is 12.6. The van der Waals surface area contributed by atoms with Crippen LogP contribution in [0.3, 0.4) is 0 Å². The highest BCUT2D eigenvalue weighted by atomic mass is 16.1. The number of hydrogen-bond acceptors (Lipinski definition) is 3. The Morgan fingerprint density at radius 3 is 2.22 bits per heavy atom. The molecule has 94 valence electrons. The molecule has 0 N–H and O–H groups in total. The first-order chi connectivity index (χ1) is 8.81. The number of Topliss-reactive ketones (excluding diaryl/α,β-unsaturated/α-hetero) is 1. The fourth-order valence-electron chi connectivity index (χ4n) is 4.95. The molecule has 0 aromatic carbocycles. The van der Waals surface area contributed by atoms with Crippen molar-refractivity contribution in [2.75, 3.05) is 0 Å². The Morgan fingerprint density at radius 1 is 1.00 bits per heavy atom. The second-order valence-corrected chi connectivity index (χ2v) is 6.41. The van der Waals surface area contributed by atoms with Gasteiger partial charge in [-0.2, -0.15) is 0 Å². The normalized spacial score (nSPS) is 41.0. The molecule has 5 rings (SSSR count). The zero-order valence-corrected chi connectivity index (χ0v) is 10.5. The van der Waals surface area contributed by atoms with Gasteiger partial charge >= 0.3 is 0 Å². The van der Waals surface area contributed by atoms with Crippen LogP contribution in [0.25, 0.3) is 0 Å². The van der Waals surface area contributed by atoms with Gasteiger partial charge in [-0.25, -0.2) is 4.98 Å². The van der Waals surface area contributed by atoms with Gasteiger partial charge in [0, 0.05) is 18.3 Å². The van der Waals surface area contributed by atoms with Crippen LogP contribution in [0.2, 0.25) is 0 Å². The number of rotatable bonds is 2. The van der Waals surface area contributed by atoms with Gasteiger partial charge in [-0.05, 0) is 55.8 Å². The highest BCUT2D eigenvalue weighted by molar-refractivity contribution is 5.96. The molecule has 0 radical (unpaired) electrons. The number of carbonyl (C=O) groups is 1. The lowest BCUT2D eigenvalue weighted by molar-refractivity contribution is -0.0253. The van der Waals surface area contributed by atoms with E-state index >= 15 is 0 Å². The van der Waals surface area contributed by atoms with E-state index in [1.54, 1.807) is 18.6 Å². The summed E-state index contributed by atoms with van der Waals surface area (Å²) in [6, 6.07) is 0. The van der Waals surface area contributed by atoms with Gasteiger partial charge in [-0.15, -0.1) is 0 Å². The minimum Gasteiger partial charge on any atom is -0.292 e. The van der Waals surface area contributed by atoms with Gasteiger partial charge in [0.15, 0.2) is 5.78 Å². The van der Waals surface area contributed by atoms with Crippen LogP contribution in [-0.4, -0.2) is 15.8 Å². The smallest absolute Gasteiger partial charge is 0.186 e. The standard InChI is InChI=1S/C15H18N2O/c18-15(13-8-16-1-2-17-13)14-11-4-9-3-10(6-11)7-12(14)5-9/h1-2,8-12,14H,3-7H2. The van der Waals surface area contributed by atoms with Gasteiger partial charge < -0.3 is 0 Å². The van der Waals surface area contributed by atoms with E-state index in [4.69, 9.17) is 0 Å². The summed E-state index contributed by atoms with van der Waals surface area (Å²) in [4.78, 5) is 20.9. The van der Waals surface area contributed by atoms with Crippen molar-refractivity contribution in [3.05, 3.63) is 24.3 Å². The van der Waals surface area contributed by atoms with Crippen molar-refractivity contribution in [1.82, 2.24) is 9.97 Å². The van der Waals surface area contributed by atoms with E-state index in [9.17, 15) is 4.79 Å². The van der Waals surface area contributed by atoms with E-state index in [0.29, 0.717) is 17.5 Å². The lowest BCUT2D eigenvalue weighted by Gasteiger charge is -2.53. The van der Waals surface area contributed by atoms with Crippen LogP contribution >= 0.6 is 0 Å². The van der Waals surface area contributed by atoms with Gasteiger partial charge in [0.1, 0.15) is 5.69 Å². The van der Waals surface area contributed by atoms with E-state index in [1.807, 2.05) is 0 Å². The molecule has 0 unspecified atom stereocenters. The van der Waals surface area contributed by atoms with Gasteiger partial charge in [0.25, 0.3) is 0 Å². The maximum absolute atomic E-state index is 12.6. The minimum atomic E-state index is 0.245. The maximum Gasteiger partial charge on any atom is 0.186 e. The molecule has 0 atom stereocenters. The van der Waals surface area contributed by atoms with Crippen molar-refractivity contribution in [3.63, 3.8) is 0 Å². The molecule has 0 saturated heterocycles. The largest absolute Gasteiger partial charge is 0.292 e. The average molecular weight is 242 g/mol. The Balaban J connectivity index is 1.64. The lowest BCUT2D eigenvalue weighted by atomic mass is 9.51. The molecule has 1 heterocycles. The monoisotopic (exact) mass is 242 g/mol. The first-order valence-electron chi connectivity index (χ1n) is 7.11. The van der Waals surface area contributed by atoms with Crippen LogP contribution in [-0.2, 0) is 0 Å². The van der Waals surface area contributed by atoms with Gasteiger partial charge in [0.2, 0.25) is 0 Å². The number of hydrogen-bond donors (Lipinski definition) is 0. The number of carbonyl (C=O) groups excluding carboxylic acids is 1. The molecular formula is C15H18N2O. The summed E-state index contributed by atoms with van der Waals surface area (Å²) < 4.78 is 0. The summed E-state index contributed by atoms with van der Waals surface area (Å²) in [5.41, 5.74) is 0.579. The van der Waals surface area contributed by atoms with E-state index in [1.165, 1.54) is 32.1 Å². The molecule has 4 aliphatic carbocycles. The summed E-state index contributed by atoms with van der Waals surface area (Å²) in [5.74, 6) is 3.61. The molecule has 1 aromatic heterocycles. The zero-order valence-electron chi connectivity index (χ0n) is 10.5. The van der Waals surface area contributed by atoms with Crippen molar-refractivity contribution in [1.29, 1.82) is 0 Å². The molecule has 0 spiro atoms. The van der Waals surface area contributed by atoms with E-state index in [-0.39, 0.29) is 11.7 Å². The van der Waals surface area contributed by atoms with Crippen LogP contribution in [0, 0.1) is 29.6 Å². The predicted octanol–water partition coefficient (Wildman–Crippen LogP) is 2.73. The number of ketones is 1. The molecule has 3 nitrogen and oxygen atoms in total. The molecule has 4 saturated carbocycles. The van der Waals surface area contributed by atoms with Crippen molar-refractivity contribution in [2.45, 2.75) is 32.1 Å². The van der Waals surface area contributed by atoms with Crippen molar-refractivity contribution < 1.29 is 4.79 Å². The second kappa shape index (κ2) is 3.87. The molecule has 4 fully saturated rings. The molecule has 4 bridgehead atoms. The highest BCUT2D eigenvalue weighted by Gasteiger charge is 2.50. The quantitative estimate of drug-likeness (QED) is 0.749. The van der Waals surface area contributed by atoms with Crippen molar-refractivity contribution in [3.8, 4) is 0 Å². The molecule has 0 amide bonds. The predicted molar refractivity (Wildman–Crippen MR) is 66.9 cm³/mol. The Morgan fingerprint density at radius 2 is 1.67 bits per heavy atom. The van der Waals surface area contributed by atoms with Crippen LogP contribution < -0.4 is 0 Å². The first-order valence-corrected chi connectivity index (χ1v) is 7.11. The molecule has 18 heavy (non-hydrogen) atoms. The minimum absolute atomic E-state index is 0.245. The fraction of sp³-hybridized carbons (Fsp3) is 0.667. The Hall–Kier alpha value is -1.25. The SMILES string of the molecule is O=C(c1cnccn1)C1C2CC3CC(C2)CC1C3. The fourth-order valence-corrected chi connectivity index (χ4v) is 4.95. The molecule has 4 aliphatic rings. The summed E-state index contributed by atoms with van der Waals surface area (Å²) in [6.45, 7) is 0. The first kappa shape index (κ1) is 10.7. The summed E-state index contributed by atoms with van der Waals surface area (Å²) in [5, 5.41) is 0. The van der Waals surface area contributed by atoms with E-state index < -0.39 is 0 Å². The summed E-state index contributed by atoms with van der Waals surface area (Å²) >= 11 is 0. The van der Waals surface area contributed by atoms with Crippen LogP contribution in [0.15, 0.2) is 18.6 Å². The molecule has 3 heteroatoms. The summed E-state index contributed by atoms with van der Waals surface area (Å²) in [7, 11) is 0. The van der Waals surface area contributed by atoms with E-state index in [0.717, 1.165) is 11.8 Å². The molecule has 0 aliphatic heterocycles. The third-order valence-corrected chi connectivity index (χ3v) is 5.35. The lowest BCUT2D eigenvalue weighted by Crippen LogP contribution is -2.48.